The molecule has 1 aromatic rings. The molecule has 0 N–H and O–H groups in total. The zero-order valence-corrected chi connectivity index (χ0v) is 7.09. The molecule has 1 aromatic heterocycles. The first kappa shape index (κ1) is 8.42. The van der Waals surface area contributed by atoms with Gasteiger partial charge in [0.25, 0.3) is 0 Å². The Bertz CT molecular complexity index is 273. The summed E-state index contributed by atoms with van der Waals surface area (Å²) in [5.74, 6) is 1.19. The van der Waals surface area contributed by atoms with Crippen LogP contribution in [0.2, 0.25) is 0 Å². The van der Waals surface area contributed by atoms with Gasteiger partial charge in [-0.25, -0.2) is 9.97 Å². The lowest BCUT2D eigenvalue weighted by Crippen LogP contribution is -1.85. The lowest BCUT2D eigenvalue weighted by atomic mass is 10.1. The molecular weight excluding hydrogens is 160 g/mol. The van der Waals surface area contributed by atoms with Crippen LogP contribution in [0.5, 0.6) is 0 Å². The Kier molecular flexibility index (Phi) is 2.70. The standard InChI is InChI=1S/C11H9N2/c1-2-4-10(3-1)5-6-11-7-8-12-9-13-11/h1-9H/b6-5+. The average molecular weight is 169 g/mol. The summed E-state index contributed by atoms with van der Waals surface area (Å²) >= 11 is 0. The molecule has 0 unspecified atom stereocenters. The smallest absolute Gasteiger partial charge is 0.115 e. The van der Waals surface area contributed by atoms with Gasteiger partial charge < -0.3 is 0 Å². The SMILES string of the molecule is [CH]1[CH][CH][C](/C=C/c2ccncn2)[CH]1. The summed E-state index contributed by atoms with van der Waals surface area (Å²) in [7, 11) is 0. The van der Waals surface area contributed by atoms with Crippen molar-refractivity contribution >= 4 is 6.08 Å². The van der Waals surface area contributed by atoms with E-state index in [1.807, 2.05) is 31.1 Å². The van der Waals surface area contributed by atoms with Gasteiger partial charge in [0, 0.05) is 12.1 Å². The summed E-state index contributed by atoms with van der Waals surface area (Å²) in [6, 6.07) is 1.87. The molecule has 0 aromatic carbocycles. The minimum atomic E-state index is 0.927. The van der Waals surface area contributed by atoms with Crippen molar-refractivity contribution in [2.45, 2.75) is 0 Å². The molecule has 2 heteroatoms. The summed E-state index contributed by atoms with van der Waals surface area (Å²) in [5, 5.41) is 0. The second-order valence-corrected chi connectivity index (χ2v) is 2.69. The fourth-order valence-corrected chi connectivity index (χ4v) is 1.08. The zero-order chi connectivity index (χ0) is 8.93. The van der Waals surface area contributed by atoms with Crippen molar-refractivity contribution in [1.29, 1.82) is 0 Å². The fourth-order valence-electron chi connectivity index (χ4n) is 1.08. The normalized spacial score (nSPS) is 18.5. The maximum atomic E-state index is 4.08. The Morgan fingerprint density at radius 1 is 1.08 bits per heavy atom. The molecule has 1 aliphatic carbocycles. The third-order valence-electron chi connectivity index (χ3n) is 1.74. The summed E-state index contributed by atoms with van der Waals surface area (Å²) in [6.45, 7) is 0. The van der Waals surface area contributed by atoms with Crippen LogP contribution < -0.4 is 0 Å². The van der Waals surface area contributed by atoms with Crippen LogP contribution in [0.25, 0.3) is 6.08 Å². The summed E-state index contributed by atoms with van der Waals surface area (Å²) < 4.78 is 0. The molecule has 0 amide bonds. The lowest BCUT2D eigenvalue weighted by molar-refractivity contribution is 1.15. The van der Waals surface area contributed by atoms with Crippen LogP contribution in [0.15, 0.2) is 24.7 Å². The summed E-state index contributed by atoms with van der Waals surface area (Å²) in [4.78, 5) is 7.93. The minimum absolute atomic E-state index is 0.927. The fraction of sp³-hybridized carbons (Fsp3) is 0. The van der Waals surface area contributed by atoms with Gasteiger partial charge in [-0.15, -0.1) is 0 Å². The Hall–Kier alpha value is -1.18. The molecule has 0 atom stereocenters. The first-order valence-electron chi connectivity index (χ1n) is 4.11. The predicted octanol–water partition coefficient (Wildman–Crippen LogP) is 1.90. The van der Waals surface area contributed by atoms with Gasteiger partial charge in [0.05, 0.1) is 5.69 Å². The number of rotatable bonds is 2. The van der Waals surface area contributed by atoms with Crippen LogP contribution in [0.3, 0.4) is 0 Å². The minimum Gasteiger partial charge on any atom is -0.245 e. The molecule has 2 nitrogen and oxygen atoms in total. The van der Waals surface area contributed by atoms with Crippen LogP contribution >= 0.6 is 0 Å². The maximum Gasteiger partial charge on any atom is 0.115 e. The van der Waals surface area contributed by atoms with Gasteiger partial charge >= 0.3 is 0 Å². The molecule has 0 spiro atoms. The summed E-state index contributed by atoms with van der Waals surface area (Å²) in [5.41, 5.74) is 0.927. The Labute approximate surface area is 78.7 Å². The van der Waals surface area contributed by atoms with E-state index in [1.54, 1.807) is 12.5 Å². The molecule has 1 fully saturated rings. The van der Waals surface area contributed by atoms with E-state index in [4.69, 9.17) is 0 Å². The van der Waals surface area contributed by atoms with E-state index in [0.29, 0.717) is 0 Å². The molecule has 1 saturated carbocycles. The van der Waals surface area contributed by atoms with Crippen molar-refractivity contribution in [3.63, 3.8) is 0 Å². The highest BCUT2D eigenvalue weighted by Crippen LogP contribution is 2.24. The number of aromatic nitrogens is 2. The Balaban J connectivity index is 1.97. The molecule has 5 radical (unpaired) electrons. The predicted molar refractivity (Wildman–Crippen MR) is 51.5 cm³/mol. The van der Waals surface area contributed by atoms with Crippen molar-refractivity contribution in [2.24, 2.45) is 0 Å². The maximum absolute atomic E-state index is 4.08. The van der Waals surface area contributed by atoms with Crippen LogP contribution in [-0.4, -0.2) is 9.97 Å². The molecule has 1 heterocycles. The van der Waals surface area contributed by atoms with Crippen molar-refractivity contribution in [3.05, 3.63) is 62.0 Å². The van der Waals surface area contributed by atoms with Crippen molar-refractivity contribution in [3.8, 4) is 0 Å². The van der Waals surface area contributed by atoms with E-state index in [9.17, 15) is 0 Å². The zero-order valence-electron chi connectivity index (χ0n) is 7.09. The van der Waals surface area contributed by atoms with Crippen LogP contribution in [-0.2, 0) is 0 Å². The molecule has 2 rings (SSSR count). The lowest BCUT2D eigenvalue weighted by Gasteiger charge is -1.97. The third kappa shape index (κ3) is 2.38. The molecule has 13 heavy (non-hydrogen) atoms. The van der Waals surface area contributed by atoms with Crippen molar-refractivity contribution < 1.29 is 0 Å². The van der Waals surface area contributed by atoms with Gasteiger partial charge in [0.1, 0.15) is 6.33 Å². The molecule has 1 aliphatic rings. The monoisotopic (exact) mass is 169 g/mol. The van der Waals surface area contributed by atoms with Crippen LogP contribution in [0.4, 0.5) is 0 Å². The first-order valence-corrected chi connectivity index (χ1v) is 4.11. The highest BCUT2D eigenvalue weighted by molar-refractivity contribution is 5.53. The van der Waals surface area contributed by atoms with Crippen molar-refractivity contribution in [2.75, 3.05) is 0 Å². The Morgan fingerprint density at radius 2 is 1.92 bits per heavy atom. The summed E-state index contributed by atoms with van der Waals surface area (Å²) in [6.07, 6.45) is 15.4. The van der Waals surface area contributed by atoms with E-state index in [2.05, 4.69) is 22.8 Å². The number of hydrogen-bond donors (Lipinski definition) is 0. The van der Waals surface area contributed by atoms with E-state index < -0.39 is 0 Å². The van der Waals surface area contributed by atoms with Gasteiger partial charge in [-0.1, -0.05) is 6.08 Å². The van der Waals surface area contributed by atoms with Gasteiger partial charge in [0.2, 0.25) is 0 Å². The van der Waals surface area contributed by atoms with Crippen LogP contribution in [0, 0.1) is 31.6 Å². The second-order valence-electron chi connectivity index (χ2n) is 2.69. The van der Waals surface area contributed by atoms with Gasteiger partial charge in [-0.05, 0) is 37.8 Å². The molecule has 0 saturated heterocycles. The van der Waals surface area contributed by atoms with E-state index in [-0.39, 0.29) is 0 Å². The molecule has 0 aliphatic heterocycles. The van der Waals surface area contributed by atoms with Gasteiger partial charge in [0.15, 0.2) is 0 Å². The number of nitrogens with zero attached hydrogens (tertiary/aromatic N) is 2. The first-order chi connectivity index (χ1) is 6.45. The van der Waals surface area contributed by atoms with E-state index in [1.165, 1.54) is 5.92 Å². The average Bonchev–Trinajstić information content (AvgIpc) is 2.69. The van der Waals surface area contributed by atoms with Gasteiger partial charge in [-0.3, -0.25) is 0 Å². The molecule has 0 bridgehead atoms. The molecule has 63 valence electrons. The largest absolute Gasteiger partial charge is 0.245 e. The quantitative estimate of drug-likeness (QED) is 0.675. The van der Waals surface area contributed by atoms with Crippen LogP contribution in [0.1, 0.15) is 5.69 Å². The van der Waals surface area contributed by atoms with E-state index >= 15 is 0 Å². The number of hydrogen-bond acceptors (Lipinski definition) is 2. The highest BCUT2D eigenvalue weighted by atomic mass is 14.8. The molecular formula is C11H9N2. The van der Waals surface area contributed by atoms with Gasteiger partial charge in [-0.2, -0.15) is 0 Å². The second kappa shape index (κ2) is 4.17. The third-order valence-corrected chi connectivity index (χ3v) is 1.74. The highest BCUT2D eigenvalue weighted by Gasteiger charge is 2.12. The topological polar surface area (TPSA) is 25.8 Å². The van der Waals surface area contributed by atoms with Crippen molar-refractivity contribution in [1.82, 2.24) is 9.97 Å². The Morgan fingerprint density at radius 3 is 2.62 bits per heavy atom. The van der Waals surface area contributed by atoms with E-state index in [0.717, 1.165) is 5.69 Å². The number of allylic oxidation sites excluding steroid dienone is 1.